The molecule has 0 bridgehead atoms. The topological polar surface area (TPSA) is 58.6 Å². The molecule has 2 aromatic carbocycles. The Bertz CT molecular complexity index is 790. The predicted octanol–water partition coefficient (Wildman–Crippen LogP) is 2.54. The van der Waals surface area contributed by atoms with E-state index in [1.54, 1.807) is 11.9 Å². The van der Waals surface area contributed by atoms with Crippen molar-refractivity contribution in [3.8, 4) is 5.75 Å². The zero-order valence-corrected chi connectivity index (χ0v) is 13.9. The fourth-order valence-corrected chi connectivity index (χ4v) is 2.68. The first-order valence-corrected chi connectivity index (χ1v) is 8.10. The molecular weight excluding hydrogens is 323 g/mol. The number of carbonyl (C=O) groups excluding carboxylic acids is 2. The predicted molar refractivity (Wildman–Crippen MR) is 92.4 cm³/mol. The van der Waals surface area contributed by atoms with Gasteiger partial charge in [0.2, 0.25) is 5.91 Å². The number of anilines is 1. The number of nitrogens with one attached hydrogen (secondary N) is 1. The Morgan fingerprint density at radius 2 is 2.00 bits per heavy atom. The number of amides is 2. The molecule has 0 saturated carbocycles. The number of nitrogens with zero attached hydrogens (tertiary/aromatic N) is 1. The lowest BCUT2D eigenvalue weighted by molar-refractivity contribution is -0.118. The highest BCUT2D eigenvalue weighted by atomic mass is 19.1. The molecule has 130 valence electrons. The molecule has 0 radical (unpaired) electrons. The van der Waals surface area contributed by atoms with Gasteiger partial charge in [0.15, 0.2) is 0 Å². The summed E-state index contributed by atoms with van der Waals surface area (Å²) in [6, 6.07) is 11.1. The lowest BCUT2D eigenvalue weighted by Gasteiger charge is -2.17. The molecule has 2 amide bonds. The van der Waals surface area contributed by atoms with E-state index in [9.17, 15) is 14.0 Å². The van der Waals surface area contributed by atoms with Crippen LogP contribution in [-0.2, 0) is 11.2 Å². The number of rotatable bonds is 4. The van der Waals surface area contributed by atoms with Gasteiger partial charge in [0.25, 0.3) is 5.91 Å². The minimum absolute atomic E-state index is 0.0144. The van der Waals surface area contributed by atoms with Gasteiger partial charge in [-0.2, -0.15) is 0 Å². The highest BCUT2D eigenvalue weighted by molar-refractivity contribution is 5.95. The SMILES string of the molecule is CN1C(=O)CCOc2ccc(CCNC(=O)c3ccc(F)cc3)cc21. The molecule has 1 N–H and O–H groups in total. The third-order valence-electron chi connectivity index (χ3n) is 4.14. The van der Waals surface area contributed by atoms with E-state index < -0.39 is 0 Å². The van der Waals surface area contributed by atoms with Gasteiger partial charge in [-0.3, -0.25) is 9.59 Å². The second-order valence-electron chi connectivity index (χ2n) is 5.87. The molecule has 3 rings (SSSR count). The van der Waals surface area contributed by atoms with Crippen molar-refractivity contribution in [3.05, 3.63) is 59.4 Å². The number of fused-ring (bicyclic) bond motifs is 1. The van der Waals surface area contributed by atoms with Gasteiger partial charge in [0, 0.05) is 19.2 Å². The molecule has 0 saturated heterocycles. The quantitative estimate of drug-likeness (QED) is 0.929. The second-order valence-corrected chi connectivity index (χ2v) is 5.87. The Balaban J connectivity index is 1.62. The van der Waals surface area contributed by atoms with E-state index in [2.05, 4.69) is 5.32 Å². The minimum atomic E-state index is -0.373. The van der Waals surface area contributed by atoms with Crippen LogP contribution < -0.4 is 15.0 Å². The molecule has 1 heterocycles. The van der Waals surface area contributed by atoms with Gasteiger partial charge in [0.1, 0.15) is 11.6 Å². The van der Waals surface area contributed by atoms with Crippen molar-refractivity contribution in [2.75, 3.05) is 25.1 Å². The Morgan fingerprint density at radius 3 is 2.76 bits per heavy atom. The summed E-state index contributed by atoms with van der Waals surface area (Å²) in [4.78, 5) is 25.5. The van der Waals surface area contributed by atoms with Gasteiger partial charge in [-0.05, 0) is 48.4 Å². The van der Waals surface area contributed by atoms with E-state index in [-0.39, 0.29) is 17.6 Å². The van der Waals surface area contributed by atoms with Crippen LogP contribution in [0.5, 0.6) is 5.75 Å². The van der Waals surface area contributed by atoms with Gasteiger partial charge >= 0.3 is 0 Å². The first-order chi connectivity index (χ1) is 12.0. The van der Waals surface area contributed by atoms with Crippen LogP contribution in [0.25, 0.3) is 0 Å². The number of halogens is 1. The van der Waals surface area contributed by atoms with Gasteiger partial charge in [-0.1, -0.05) is 6.07 Å². The molecule has 1 aliphatic heterocycles. The molecule has 0 unspecified atom stereocenters. The fourth-order valence-electron chi connectivity index (χ4n) is 2.68. The smallest absolute Gasteiger partial charge is 0.251 e. The number of hydrogen-bond acceptors (Lipinski definition) is 3. The highest BCUT2D eigenvalue weighted by Gasteiger charge is 2.20. The number of hydrogen-bond donors (Lipinski definition) is 1. The third kappa shape index (κ3) is 3.96. The van der Waals surface area contributed by atoms with Gasteiger partial charge in [0.05, 0.1) is 18.7 Å². The zero-order chi connectivity index (χ0) is 17.8. The Kier molecular flexibility index (Phi) is 4.97. The monoisotopic (exact) mass is 342 g/mol. The van der Waals surface area contributed by atoms with Gasteiger partial charge < -0.3 is 15.0 Å². The van der Waals surface area contributed by atoms with E-state index >= 15 is 0 Å². The summed E-state index contributed by atoms with van der Waals surface area (Å²) in [6.07, 6.45) is 0.969. The van der Waals surface area contributed by atoms with Gasteiger partial charge in [-0.25, -0.2) is 4.39 Å². The maximum atomic E-state index is 12.9. The van der Waals surface area contributed by atoms with Crippen molar-refractivity contribution >= 4 is 17.5 Å². The molecule has 0 atom stereocenters. The van der Waals surface area contributed by atoms with Crippen molar-refractivity contribution in [2.45, 2.75) is 12.8 Å². The molecule has 0 fully saturated rings. The average Bonchev–Trinajstić information content (AvgIpc) is 2.75. The lowest BCUT2D eigenvalue weighted by Crippen LogP contribution is -2.26. The van der Waals surface area contributed by atoms with E-state index in [1.165, 1.54) is 24.3 Å². The van der Waals surface area contributed by atoms with Crippen LogP contribution in [0.3, 0.4) is 0 Å². The van der Waals surface area contributed by atoms with Crippen molar-refractivity contribution in [1.29, 1.82) is 0 Å². The molecule has 0 spiro atoms. The van der Waals surface area contributed by atoms with E-state index in [1.807, 2.05) is 18.2 Å². The maximum absolute atomic E-state index is 12.9. The van der Waals surface area contributed by atoms with E-state index in [0.29, 0.717) is 37.3 Å². The molecule has 1 aliphatic rings. The molecule has 25 heavy (non-hydrogen) atoms. The largest absolute Gasteiger partial charge is 0.491 e. The first-order valence-electron chi connectivity index (χ1n) is 8.10. The zero-order valence-electron chi connectivity index (χ0n) is 13.9. The summed E-state index contributed by atoms with van der Waals surface area (Å²) in [7, 11) is 1.73. The van der Waals surface area contributed by atoms with Crippen LogP contribution in [0.4, 0.5) is 10.1 Å². The summed E-state index contributed by atoms with van der Waals surface area (Å²) < 4.78 is 18.5. The van der Waals surface area contributed by atoms with Crippen LogP contribution in [0, 0.1) is 5.82 Å². The molecule has 5 nitrogen and oxygen atoms in total. The maximum Gasteiger partial charge on any atom is 0.251 e. The van der Waals surface area contributed by atoms with Crippen molar-refractivity contribution in [2.24, 2.45) is 0 Å². The Hall–Kier alpha value is -2.89. The van der Waals surface area contributed by atoms with Crippen molar-refractivity contribution < 1.29 is 18.7 Å². The van der Waals surface area contributed by atoms with Gasteiger partial charge in [-0.15, -0.1) is 0 Å². The molecule has 2 aromatic rings. The number of ether oxygens (including phenoxy) is 1. The van der Waals surface area contributed by atoms with Crippen LogP contribution >= 0.6 is 0 Å². The molecule has 6 heteroatoms. The van der Waals surface area contributed by atoms with E-state index in [4.69, 9.17) is 4.74 Å². The van der Waals surface area contributed by atoms with Crippen molar-refractivity contribution in [3.63, 3.8) is 0 Å². The van der Waals surface area contributed by atoms with Crippen LogP contribution in [0.1, 0.15) is 22.3 Å². The summed E-state index contributed by atoms with van der Waals surface area (Å²) in [5.74, 6) is 0.0840. The highest BCUT2D eigenvalue weighted by Crippen LogP contribution is 2.31. The normalized spacial score (nSPS) is 13.7. The Labute approximate surface area is 145 Å². The van der Waals surface area contributed by atoms with E-state index in [0.717, 1.165) is 11.3 Å². The number of benzene rings is 2. The molecule has 0 aliphatic carbocycles. The summed E-state index contributed by atoms with van der Waals surface area (Å²) in [5, 5.41) is 2.81. The first kappa shape index (κ1) is 17.0. The fraction of sp³-hybridized carbons (Fsp3) is 0.263. The van der Waals surface area contributed by atoms with Crippen molar-refractivity contribution in [1.82, 2.24) is 5.32 Å². The summed E-state index contributed by atoms with van der Waals surface area (Å²) in [5.41, 5.74) is 2.15. The molecular formula is C19H19FN2O3. The Morgan fingerprint density at radius 1 is 1.24 bits per heavy atom. The van der Waals surface area contributed by atoms with Crippen LogP contribution in [-0.4, -0.2) is 32.0 Å². The number of carbonyl (C=O) groups is 2. The molecule has 0 aromatic heterocycles. The third-order valence-corrected chi connectivity index (χ3v) is 4.14. The lowest BCUT2D eigenvalue weighted by atomic mass is 10.1. The standard InChI is InChI=1S/C19H19FN2O3/c1-22-16-12-13(2-7-17(16)25-11-9-18(22)23)8-10-21-19(24)14-3-5-15(20)6-4-14/h2-7,12H,8-11H2,1H3,(H,21,24). The average molecular weight is 342 g/mol. The van der Waals surface area contributed by atoms with Crippen LogP contribution in [0.2, 0.25) is 0 Å². The summed E-state index contributed by atoms with van der Waals surface area (Å²) in [6.45, 7) is 0.816. The summed E-state index contributed by atoms with van der Waals surface area (Å²) >= 11 is 0. The second kappa shape index (κ2) is 7.34. The van der Waals surface area contributed by atoms with Crippen LogP contribution in [0.15, 0.2) is 42.5 Å². The minimum Gasteiger partial charge on any atom is -0.491 e.